The van der Waals surface area contributed by atoms with Crippen molar-refractivity contribution in [1.29, 1.82) is 0 Å². The summed E-state index contributed by atoms with van der Waals surface area (Å²) in [6.45, 7) is 6.01. The highest BCUT2D eigenvalue weighted by atomic mass is 79.9. The lowest BCUT2D eigenvalue weighted by Gasteiger charge is -2.31. The molecule has 12 heteroatoms. The van der Waals surface area contributed by atoms with Crippen LogP contribution in [0, 0.1) is 5.92 Å². The van der Waals surface area contributed by atoms with Crippen molar-refractivity contribution in [2.24, 2.45) is 5.92 Å². The molecule has 3 aliphatic rings. The van der Waals surface area contributed by atoms with E-state index in [0.717, 1.165) is 43.4 Å². The number of rotatable bonds is 9. The van der Waals surface area contributed by atoms with Crippen molar-refractivity contribution in [1.82, 2.24) is 15.0 Å². The van der Waals surface area contributed by atoms with Crippen LogP contribution >= 0.6 is 15.9 Å². The molecule has 0 bridgehead atoms. The lowest BCUT2D eigenvalue weighted by atomic mass is 9.82. The van der Waals surface area contributed by atoms with E-state index in [4.69, 9.17) is 4.74 Å². The van der Waals surface area contributed by atoms with Gasteiger partial charge in [0.25, 0.3) is 11.8 Å². The Balaban J connectivity index is 1.12. The molecule has 0 radical (unpaired) electrons. The molecule has 1 fully saturated rings. The SMILES string of the molecule is C[C@@H]1[C@@H]([Si](C)(C)F)[C@H](CCn2cc(CCO)nn2)O[C@@]12C(=O)N(Cc1cccc(N3C(=O)c4cccc5cccc3c45)c1)c1ccc(Br)cc12. The standard InChI is InChI=1S/C38H37BrFN5O4Si/c1-23-35(50(2,3)40)33(15-17-43-22-27(16-18-46)41-42-43)49-38(23)30-20-26(39)13-14-31(30)44(37(38)48)21-24-7-4-10-28(19-24)45-32-12-6-9-25-8-5-11-29(34(25)32)36(45)47/h4-14,19-20,22-23,33,35,46H,15-18,21H2,1-3H3/t23-,33+,35-,38+/m1/s1. The molecule has 0 aliphatic carbocycles. The molecule has 0 unspecified atom stereocenters. The Kier molecular flexibility index (Phi) is 8.05. The highest BCUT2D eigenvalue weighted by Crippen LogP contribution is 2.60. The Labute approximate surface area is 299 Å². The summed E-state index contributed by atoms with van der Waals surface area (Å²) < 4.78 is 25.7. The van der Waals surface area contributed by atoms with E-state index in [-0.39, 0.29) is 25.0 Å². The summed E-state index contributed by atoms with van der Waals surface area (Å²) >= 11 is 3.62. The first-order chi connectivity index (χ1) is 24.0. The number of carbonyl (C=O) groups is 2. The number of carbonyl (C=O) groups excluding carboxylic acids is 2. The number of halogens is 2. The van der Waals surface area contributed by atoms with Crippen LogP contribution in [-0.4, -0.2) is 53.0 Å². The monoisotopic (exact) mass is 753 g/mol. The van der Waals surface area contributed by atoms with Crippen LogP contribution in [0.3, 0.4) is 0 Å². The predicted octanol–water partition coefficient (Wildman–Crippen LogP) is 7.43. The topological polar surface area (TPSA) is 101 Å². The summed E-state index contributed by atoms with van der Waals surface area (Å²) in [5.41, 5.74) is 3.40. The quantitative estimate of drug-likeness (QED) is 0.124. The number of ether oxygens (including phenoxy) is 1. The van der Waals surface area contributed by atoms with Gasteiger partial charge in [-0.05, 0) is 72.9 Å². The van der Waals surface area contributed by atoms with Crippen LogP contribution in [0.15, 0.2) is 89.5 Å². The van der Waals surface area contributed by atoms with Gasteiger partial charge in [0.15, 0.2) is 5.60 Å². The van der Waals surface area contributed by atoms with Crippen LogP contribution in [0.2, 0.25) is 18.6 Å². The van der Waals surface area contributed by atoms with Crippen LogP contribution in [-0.2, 0) is 34.6 Å². The number of benzene rings is 4. The Morgan fingerprint density at radius 1 is 1.02 bits per heavy atom. The summed E-state index contributed by atoms with van der Waals surface area (Å²) in [5, 5.41) is 19.5. The zero-order valence-electron chi connectivity index (χ0n) is 28.0. The minimum Gasteiger partial charge on any atom is -0.396 e. The molecule has 3 aliphatic heterocycles. The molecular weight excluding hydrogens is 717 g/mol. The fourth-order valence-electron chi connectivity index (χ4n) is 8.53. The van der Waals surface area contributed by atoms with Crippen molar-refractivity contribution < 1.29 is 23.5 Å². The van der Waals surface area contributed by atoms with Gasteiger partial charge in [-0.2, -0.15) is 0 Å². The number of hydrogen-bond donors (Lipinski definition) is 1. The molecular formula is C38H37BrFN5O4Si. The third-order valence-corrected chi connectivity index (χ3v) is 13.5. The molecule has 1 aromatic heterocycles. The number of nitrogens with zero attached hydrogens (tertiary/aromatic N) is 5. The molecule has 4 atom stereocenters. The molecule has 9 nitrogen and oxygen atoms in total. The van der Waals surface area contributed by atoms with Crippen molar-refractivity contribution in [3.63, 3.8) is 0 Å². The molecule has 1 saturated heterocycles. The Morgan fingerprint density at radius 2 is 1.80 bits per heavy atom. The van der Waals surface area contributed by atoms with E-state index in [2.05, 4.69) is 26.2 Å². The minimum atomic E-state index is -3.35. The molecule has 50 heavy (non-hydrogen) atoms. The van der Waals surface area contributed by atoms with E-state index in [1.165, 1.54) is 0 Å². The highest BCUT2D eigenvalue weighted by Gasteiger charge is 2.66. The molecule has 2 amide bonds. The highest BCUT2D eigenvalue weighted by molar-refractivity contribution is 9.10. The summed E-state index contributed by atoms with van der Waals surface area (Å²) in [6, 6.07) is 25.2. The van der Waals surface area contributed by atoms with Crippen LogP contribution in [0.4, 0.5) is 21.2 Å². The second kappa shape index (κ2) is 12.2. The number of hydrogen-bond acceptors (Lipinski definition) is 6. The van der Waals surface area contributed by atoms with Gasteiger partial charge in [-0.25, -0.2) is 0 Å². The number of aryl methyl sites for hydroxylation is 1. The third kappa shape index (κ3) is 5.14. The zero-order chi connectivity index (χ0) is 34.9. The van der Waals surface area contributed by atoms with E-state index < -0.39 is 31.6 Å². The maximum absolute atomic E-state index is 16.3. The van der Waals surface area contributed by atoms with Gasteiger partial charge in [-0.3, -0.25) is 19.2 Å². The molecule has 8 rings (SSSR count). The molecule has 256 valence electrons. The van der Waals surface area contributed by atoms with Crippen molar-refractivity contribution in [3.05, 3.63) is 112 Å². The molecule has 1 N–H and O–H groups in total. The van der Waals surface area contributed by atoms with Crippen LogP contribution in [0.5, 0.6) is 0 Å². The van der Waals surface area contributed by atoms with Gasteiger partial charge >= 0.3 is 0 Å². The molecule has 1 spiro atoms. The number of aliphatic hydroxyl groups excluding tert-OH is 1. The number of amides is 2. The number of fused-ring (bicyclic) bond motifs is 2. The lowest BCUT2D eigenvalue weighted by molar-refractivity contribution is -0.146. The van der Waals surface area contributed by atoms with Gasteiger partial charge in [0, 0.05) is 58.3 Å². The van der Waals surface area contributed by atoms with Crippen LogP contribution < -0.4 is 9.80 Å². The second-order valence-corrected chi connectivity index (χ2v) is 18.8. The second-order valence-electron chi connectivity index (χ2n) is 14.1. The first-order valence-corrected chi connectivity index (χ1v) is 20.7. The summed E-state index contributed by atoms with van der Waals surface area (Å²) in [4.78, 5) is 32.1. The van der Waals surface area contributed by atoms with Crippen molar-refractivity contribution in [3.8, 4) is 0 Å². The zero-order valence-corrected chi connectivity index (χ0v) is 30.6. The number of anilines is 3. The predicted molar refractivity (Wildman–Crippen MR) is 196 cm³/mol. The van der Waals surface area contributed by atoms with Gasteiger partial charge in [-0.1, -0.05) is 64.5 Å². The van der Waals surface area contributed by atoms with E-state index in [0.29, 0.717) is 30.6 Å². The van der Waals surface area contributed by atoms with Gasteiger partial charge in [0.2, 0.25) is 8.41 Å². The Morgan fingerprint density at radius 3 is 2.58 bits per heavy atom. The first kappa shape index (κ1) is 32.9. The number of aromatic nitrogens is 3. The summed E-state index contributed by atoms with van der Waals surface area (Å²) in [6.07, 6.45) is 2.13. The average Bonchev–Trinajstić information content (AvgIpc) is 3.80. The molecule has 4 aromatic carbocycles. The average molecular weight is 755 g/mol. The normalized spacial score (nSPS) is 22.8. The molecule has 4 heterocycles. The lowest BCUT2D eigenvalue weighted by Crippen LogP contribution is -2.45. The van der Waals surface area contributed by atoms with Crippen LogP contribution in [0.1, 0.15) is 40.5 Å². The van der Waals surface area contributed by atoms with Gasteiger partial charge in [-0.15, -0.1) is 5.10 Å². The first-order valence-electron chi connectivity index (χ1n) is 16.9. The van der Waals surface area contributed by atoms with E-state index in [9.17, 15) is 14.7 Å². The molecule has 5 aromatic rings. The Hall–Kier alpha value is -4.23. The van der Waals surface area contributed by atoms with E-state index in [1.807, 2.05) is 85.8 Å². The molecule has 0 saturated carbocycles. The van der Waals surface area contributed by atoms with Crippen molar-refractivity contribution in [2.45, 2.75) is 63.2 Å². The van der Waals surface area contributed by atoms with E-state index >= 15 is 4.11 Å². The third-order valence-electron chi connectivity index (χ3n) is 10.6. The maximum atomic E-state index is 16.3. The number of aliphatic hydroxyl groups is 1. The largest absolute Gasteiger partial charge is 0.396 e. The maximum Gasteiger partial charge on any atom is 0.264 e. The van der Waals surface area contributed by atoms with Crippen molar-refractivity contribution in [2.75, 3.05) is 16.4 Å². The fourth-order valence-corrected chi connectivity index (χ4v) is 11.4. The van der Waals surface area contributed by atoms with Crippen LogP contribution in [0.25, 0.3) is 10.8 Å². The fraction of sp³-hybridized carbons (Fsp3) is 0.316. The minimum absolute atomic E-state index is 0.0206. The van der Waals surface area contributed by atoms with Gasteiger partial charge in [0.1, 0.15) is 0 Å². The smallest absolute Gasteiger partial charge is 0.264 e. The van der Waals surface area contributed by atoms with Crippen molar-refractivity contribution >= 4 is 64.0 Å². The summed E-state index contributed by atoms with van der Waals surface area (Å²) in [5.74, 6) is -0.730. The summed E-state index contributed by atoms with van der Waals surface area (Å²) in [7, 11) is -3.35. The van der Waals surface area contributed by atoms with E-state index in [1.54, 1.807) is 33.8 Å². The van der Waals surface area contributed by atoms with Gasteiger partial charge in [0.05, 0.1) is 35.3 Å². The van der Waals surface area contributed by atoms with Gasteiger partial charge < -0.3 is 18.9 Å². The Bertz CT molecular complexity index is 2170.